The van der Waals surface area contributed by atoms with Crippen molar-refractivity contribution in [1.82, 2.24) is 18.3 Å². The first-order valence-electron chi connectivity index (χ1n) is 22.3. The number of hydrogen-bond acceptors (Lipinski definition) is 13. The van der Waals surface area contributed by atoms with Crippen LogP contribution >= 0.6 is 0 Å². The molecule has 2 aromatic heterocycles. The number of aromatic nitrogens is 4. The van der Waals surface area contributed by atoms with Crippen molar-refractivity contribution >= 4 is 23.1 Å². The van der Waals surface area contributed by atoms with Crippen molar-refractivity contribution in [2.45, 2.75) is 71.8 Å². The van der Waals surface area contributed by atoms with Gasteiger partial charge in [-0.05, 0) is 78.9 Å². The zero-order valence-corrected chi connectivity index (χ0v) is 39.9. The van der Waals surface area contributed by atoms with E-state index in [4.69, 9.17) is 24.7 Å². The lowest BCUT2D eigenvalue weighted by molar-refractivity contribution is -0.275. The summed E-state index contributed by atoms with van der Waals surface area (Å²) in [6, 6.07) is 24.3. The highest BCUT2D eigenvalue weighted by Gasteiger charge is 2.32. The number of ketones is 1. The minimum absolute atomic E-state index is 0. The number of Topliss-reactive ketones (excluding diaryl/α,β-unsaturated/α-hetero) is 1. The maximum absolute atomic E-state index is 13.1. The summed E-state index contributed by atoms with van der Waals surface area (Å²) >= 11 is 0. The number of nitrogen functional groups attached to an aromatic ring is 1. The van der Waals surface area contributed by atoms with E-state index in [1.807, 2.05) is 0 Å². The van der Waals surface area contributed by atoms with E-state index in [-0.39, 0.29) is 93.0 Å². The molecular weight excluding hydrogens is 987 g/mol. The van der Waals surface area contributed by atoms with E-state index < -0.39 is 35.4 Å². The molecule has 0 bridgehead atoms. The van der Waals surface area contributed by atoms with Crippen molar-refractivity contribution in [1.29, 1.82) is 0 Å². The molecule has 0 fully saturated rings. The molecule has 0 saturated carbocycles. The molecule has 0 saturated heterocycles. The lowest BCUT2D eigenvalue weighted by Gasteiger charge is -2.14. The number of halogens is 6. The first kappa shape index (κ1) is 56.7. The van der Waals surface area contributed by atoms with Gasteiger partial charge in [-0.15, -0.1) is 26.3 Å². The van der Waals surface area contributed by atoms with Crippen molar-refractivity contribution in [3.63, 3.8) is 0 Å². The molecule has 3 heterocycles. The molecule has 0 radical (unpaired) electrons. The molecule has 23 heteroatoms. The normalized spacial score (nSPS) is 11.8. The fourth-order valence-electron chi connectivity index (χ4n) is 7.51. The van der Waals surface area contributed by atoms with E-state index in [1.165, 1.54) is 53.6 Å². The average molecular weight is 1040 g/mol. The summed E-state index contributed by atoms with van der Waals surface area (Å²) in [5.74, 6) is 0.873. The second kappa shape index (κ2) is 24.9. The number of nitrogens with zero attached hydrogens (tertiary/aromatic N) is 5. The van der Waals surface area contributed by atoms with Gasteiger partial charge in [0.25, 0.3) is 11.1 Å². The third-order valence-corrected chi connectivity index (χ3v) is 11.1. The zero-order chi connectivity index (χ0) is 53.0. The van der Waals surface area contributed by atoms with E-state index in [2.05, 4.69) is 14.5 Å². The number of methoxy groups -OCH3 is 2. The van der Waals surface area contributed by atoms with Gasteiger partial charge in [0.15, 0.2) is 0 Å². The molecule has 0 atom stereocenters. The average Bonchev–Trinajstić information content (AvgIpc) is 3.79. The Labute approximate surface area is 419 Å². The lowest BCUT2D eigenvalue weighted by atomic mass is 10.1. The summed E-state index contributed by atoms with van der Waals surface area (Å²) in [6.07, 6.45) is -8.27. The molecule has 0 aliphatic carbocycles. The summed E-state index contributed by atoms with van der Waals surface area (Å²) in [5.41, 5.74) is 6.57. The molecule has 1 aliphatic heterocycles. The van der Waals surface area contributed by atoms with Crippen molar-refractivity contribution in [2.24, 2.45) is 19.1 Å². The maximum atomic E-state index is 13.1. The summed E-state index contributed by atoms with van der Waals surface area (Å²) in [5, 5.41) is 0. The molecule has 0 amide bonds. The molecule has 0 spiro atoms. The minimum atomic E-state index is -4.82. The molecule has 1 aliphatic rings. The van der Waals surface area contributed by atoms with Gasteiger partial charge in [0.1, 0.15) is 51.9 Å². The van der Waals surface area contributed by atoms with E-state index in [0.717, 1.165) is 38.6 Å². The number of aliphatic imine (C=N–C) groups is 1. The number of rotatable bonds is 20. The molecule has 0 unspecified atom stereocenters. The third-order valence-electron chi connectivity index (χ3n) is 11.1. The van der Waals surface area contributed by atoms with Gasteiger partial charge < -0.3 is 34.2 Å². The monoisotopic (exact) mass is 1040 g/mol. The Morgan fingerprint density at radius 1 is 0.635 bits per heavy atom. The molecule has 396 valence electrons. The standard InChI is InChI=1S/C25H26F3N3O6.C25H24F3N3O5.CH4/c1-30-22(29)21(23(33)31(24(30)34)15-16-8-10-18(35-2)11-9-16)13-17(32)5-4-12-36-19-6-3-7-20(14-19)37-25(26,27)28;1-30-22-21(23(32)31(24(30)33)15-16-8-10-18(34-2)11-9-16)13-17(29-22)5-4-12-35-19-6-3-7-20(14-19)36-25(26,27)28;/h3,6-11,14H,4-5,12-13,15,29H2,1-2H3;3,6-11,14H,4-5,12-13,15H2,1-2H3;1H4. The number of benzene rings is 4. The quantitative estimate of drug-likeness (QED) is 0.0579. The van der Waals surface area contributed by atoms with Gasteiger partial charge in [0.05, 0.1) is 51.6 Å². The molecule has 6 aromatic rings. The number of fused-ring (bicyclic) bond motifs is 1. The van der Waals surface area contributed by atoms with Crippen LogP contribution in [0.5, 0.6) is 34.5 Å². The Kier molecular flexibility index (Phi) is 19.1. The molecule has 2 N–H and O–H groups in total. The fraction of sp³-hybridized carbons (Fsp3) is 0.333. The van der Waals surface area contributed by atoms with Crippen LogP contribution < -0.4 is 56.7 Å². The van der Waals surface area contributed by atoms with Gasteiger partial charge in [-0.2, -0.15) is 0 Å². The molecule has 74 heavy (non-hydrogen) atoms. The maximum Gasteiger partial charge on any atom is 0.573 e. The van der Waals surface area contributed by atoms with Crippen LogP contribution in [0.3, 0.4) is 0 Å². The lowest BCUT2D eigenvalue weighted by Crippen LogP contribution is -2.42. The zero-order valence-electron chi connectivity index (χ0n) is 39.9. The highest BCUT2D eigenvalue weighted by molar-refractivity contribution is 5.93. The Bertz CT molecular complexity index is 3180. The second-order valence-corrected chi connectivity index (χ2v) is 16.3. The molecule has 7 rings (SSSR count). The van der Waals surface area contributed by atoms with E-state index in [9.17, 15) is 50.3 Å². The number of anilines is 1. The summed E-state index contributed by atoms with van der Waals surface area (Å²) in [7, 11) is 6.08. The number of nitrogens with two attached hydrogens (primary N) is 1. The molecular formula is C51H54F6N6O11. The fourth-order valence-corrected chi connectivity index (χ4v) is 7.51. The number of hydrogen-bond donors (Lipinski definition) is 1. The van der Waals surface area contributed by atoms with Crippen molar-refractivity contribution < 1.29 is 59.6 Å². The van der Waals surface area contributed by atoms with Crippen LogP contribution in [0.2, 0.25) is 0 Å². The Balaban J connectivity index is 0.000000270. The SMILES string of the molecule is C.COc1ccc(Cn2c(=O)c(CC(=O)CCCOc3cccc(OC(F)(F)F)c3)c(N)n(C)c2=O)cc1.COc1ccc(Cn2c(=O)c3c(n(C)c2=O)N=C(CCCOc2cccc(OC(F)(F)F)c2)C3)cc1. The first-order chi connectivity index (χ1) is 34.6. The third kappa shape index (κ3) is 15.4. The van der Waals surface area contributed by atoms with Crippen LogP contribution in [0, 0.1) is 0 Å². The smallest absolute Gasteiger partial charge is 0.497 e. The second-order valence-electron chi connectivity index (χ2n) is 16.3. The summed E-state index contributed by atoms with van der Waals surface area (Å²) in [6.45, 7) is 0.391. The van der Waals surface area contributed by atoms with Crippen LogP contribution in [0.25, 0.3) is 0 Å². The number of ether oxygens (including phenoxy) is 6. The highest BCUT2D eigenvalue weighted by Crippen LogP contribution is 2.28. The van der Waals surface area contributed by atoms with Crippen LogP contribution in [0.1, 0.15) is 55.4 Å². The highest BCUT2D eigenvalue weighted by atomic mass is 19.4. The van der Waals surface area contributed by atoms with Crippen molar-refractivity contribution in [3.8, 4) is 34.5 Å². The molecule has 17 nitrogen and oxygen atoms in total. The Morgan fingerprint density at radius 2 is 1.09 bits per heavy atom. The Morgan fingerprint density at radius 3 is 1.58 bits per heavy atom. The summed E-state index contributed by atoms with van der Waals surface area (Å²) in [4.78, 5) is 68.7. The minimum Gasteiger partial charge on any atom is -0.497 e. The predicted octanol–water partition coefficient (Wildman–Crippen LogP) is 7.68. The largest absolute Gasteiger partial charge is 0.573 e. The number of carbonyl (C=O) groups is 1. The van der Waals surface area contributed by atoms with Gasteiger partial charge in [-0.1, -0.05) is 43.8 Å². The Hall–Kier alpha value is -8.24. The number of carbonyl (C=O) groups excluding carboxylic acids is 1. The van der Waals surface area contributed by atoms with Gasteiger partial charge in [-0.3, -0.25) is 32.7 Å². The first-order valence-corrected chi connectivity index (χ1v) is 22.3. The number of alkyl halides is 6. The van der Waals surface area contributed by atoms with Crippen molar-refractivity contribution in [3.05, 3.63) is 161 Å². The van der Waals surface area contributed by atoms with E-state index in [0.29, 0.717) is 47.7 Å². The van der Waals surface area contributed by atoms with Gasteiger partial charge >= 0.3 is 24.1 Å². The van der Waals surface area contributed by atoms with Gasteiger partial charge in [-0.25, -0.2) is 14.6 Å². The molecule has 4 aromatic carbocycles. The van der Waals surface area contributed by atoms with Gasteiger partial charge in [0.2, 0.25) is 0 Å². The van der Waals surface area contributed by atoms with Crippen LogP contribution in [0.15, 0.2) is 121 Å². The summed E-state index contributed by atoms with van der Waals surface area (Å²) < 4.78 is 108. The van der Waals surface area contributed by atoms with E-state index in [1.54, 1.807) is 62.7 Å². The van der Waals surface area contributed by atoms with Crippen LogP contribution in [-0.2, 0) is 44.8 Å². The van der Waals surface area contributed by atoms with Crippen molar-refractivity contribution in [2.75, 3.05) is 33.2 Å². The van der Waals surface area contributed by atoms with Gasteiger partial charge in [0, 0.05) is 51.2 Å². The van der Waals surface area contributed by atoms with Crippen LogP contribution in [0.4, 0.5) is 38.0 Å². The topological polar surface area (TPSA) is 199 Å². The predicted molar refractivity (Wildman–Crippen MR) is 262 cm³/mol. The van der Waals surface area contributed by atoms with E-state index >= 15 is 0 Å². The van der Waals surface area contributed by atoms with Crippen LogP contribution in [-0.4, -0.2) is 69.9 Å².